The second-order valence-corrected chi connectivity index (χ2v) is 3.06. The van der Waals surface area contributed by atoms with Gasteiger partial charge in [-0.15, -0.1) is 0 Å². The Balaban J connectivity index is 2.24. The molecule has 1 nitrogen and oxygen atoms in total. The van der Waals surface area contributed by atoms with Crippen molar-refractivity contribution in [1.82, 2.24) is 5.32 Å². The highest BCUT2D eigenvalue weighted by molar-refractivity contribution is 5.48. The van der Waals surface area contributed by atoms with Crippen molar-refractivity contribution < 1.29 is 13.2 Å². The third-order valence-corrected chi connectivity index (χ3v) is 1.70. The van der Waals surface area contributed by atoms with Crippen LogP contribution in [0.1, 0.15) is 5.56 Å². The van der Waals surface area contributed by atoms with E-state index in [0.717, 1.165) is 5.56 Å². The molecular weight excluding hydrogens is 203 g/mol. The van der Waals surface area contributed by atoms with Gasteiger partial charge in [0.25, 0.3) is 0 Å². The Bertz CT molecular complexity index is 303. The minimum atomic E-state index is -4.14. The molecule has 15 heavy (non-hydrogen) atoms. The summed E-state index contributed by atoms with van der Waals surface area (Å²) in [7, 11) is 0. The topological polar surface area (TPSA) is 12.0 Å². The van der Waals surface area contributed by atoms with Crippen molar-refractivity contribution in [3.05, 3.63) is 42.0 Å². The van der Waals surface area contributed by atoms with Crippen molar-refractivity contribution >= 4 is 6.08 Å². The Morgan fingerprint density at radius 2 is 1.80 bits per heavy atom. The van der Waals surface area contributed by atoms with Gasteiger partial charge in [0.1, 0.15) is 0 Å². The highest BCUT2D eigenvalue weighted by Crippen LogP contribution is 2.11. The first-order valence-corrected chi connectivity index (χ1v) is 4.57. The number of rotatable bonds is 4. The molecule has 0 aliphatic rings. The van der Waals surface area contributed by atoms with Crippen molar-refractivity contribution in [1.29, 1.82) is 0 Å². The van der Waals surface area contributed by atoms with Gasteiger partial charge in [0, 0.05) is 6.54 Å². The number of nitrogens with one attached hydrogen (secondary N) is 1. The molecule has 1 aromatic rings. The second kappa shape index (κ2) is 5.56. The fraction of sp³-hybridized carbons (Fsp3) is 0.273. The zero-order valence-corrected chi connectivity index (χ0v) is 8.09. The lowest BCUT2D eigenvalue weighted by atomic mass is 10.2. The number of hydrogen-bond acceptors (Lipinski definition) is 1. The SMILES string of the molecule is FC(F)(F)CNCC=Cc1ccccc1. The normalized spacial score (nSPS) is 12.2. The summed E-state index contributed by atoms with van der Waals surface area (Å²) in [5, 5.41) is 2.28. The standard InChI is InChI=1S/C11H12F3N/c12-11(13,14)9-15-8-4-7-10-5-2-1-3-6-10/h1-7,15H,8-9H2. The van der Waals surface area contributed by atoms with Gasteiger partial charge in [-0.25, -0.2) is 0 Å². The molecule has 1 aromatic carbocycles. The van der Waals surface area contributed by atoms with Crippen LogP contribution >= 0.6 is 0 Å². The third-order valence-electron chi connectivity index (χ3n) is 1.70. The molecule has 0 unspecified atom stereocenters. The van der Waals surface area contributed by atoms with Gasteiger partial charge in [-0.05, 0) is 5.56 Å². The van der Waals surface area contributed by atoms with Crippen molar-refractivity contribution in [3.8, 4) is 0 Å². The van der Waals surface area contributed by atoms with E-state index in [1.54, 1.807) is 12.2 Å². The molecule has 4 heteroatoms. The van der Waals surface area contributed by atoms with Crippen LogP contribution in [0.5, 0.6) is 0 Å². The Kier molecular flexibility index (Phi) is 4.37. The van der Waals surface area contributed by atoms with Crippen molar-refractivity contribution in [2.24, 2.45) is 0 Å². The molecule has 0 fully saturated rings. The van der Waals surface area contributed by atoms with Gasteiger partial charge in [0.05, 0.1) is 6.54 Å². The Morgan fingerprint density at radius 3 is 2.40 bits per heavy atom. The molecule has 0 spiro atoms. The van der Waals surface area contributed by atoms with Crippen LogP contribution in [0.3, 0.4) is 0 Å². The maximum absolute atomic E-state index is 11.7. The summed E-state index contributed by atoms with van der Waals surface area (Å²) >= 11 is 0. The van der Waals surface area contributed by atoms with Crippen LogP contribution in [0.25, 0.3) is 6.08 Å². The van der Waals surface area contributed by atoms with Crippen LogP contribution in [0.2, 0.25) is 0 Å². The number of benzene rings is 1. The molecule has 0 atom stereocenters. The lowest BCUT2D eigenvalue weighted by molar-refractivity contribution is -0.124. The summed E-state index contributed by atoms with van der Waals surface area (Å²) in [6, 6.07) is 9.42. The van der Waals surface area contributed by atoms with Crippen LogP contribution in [-0.2, 0) is 0 Å². The number of hydrogen-bond donors (Lipinski definition) is 1. The maximum Gasteiger partial charge on any atom is 0.401 e. The van der Waals surface area contributed by atoms with Gasteiger partial charge < -0.3 is 5.32 Å². The van der Waals surface area contributed by atoms with Crippen LogP contribution in [0.15, 0.2) is 36.4 Å². The van der Waals surface area contributed by atoms with E-state index >= 15 is 0 Å². The molecule has 0 bridgehead atoms. The van der Waals surface area contributed by atoms with Gasteiger partial charge in [-0.2, -0.15) is 13.2 Å². The second-order valence-electron chi connectivity index (χ2n) is 3.06. The summed E-state index contributed by atoms with van der Waals surface area (Å²) < 4.78 is 35.2. The zero-order chi connectivity index (χ0) is 11.1. The molecule has 0 saturated heterocycles. The molecule has 1 N–H and O–H groups in total. The first kappa shape index (κ1) is 11.8. The van der Waals surface area contributed by atoms with Crippen LogP contribution in [-0.4, -0.2) is 19.3 Å². The summed E-state index contributed by atoms with van der Waals surface area (Å²) in [5.74, 6) is 0. The van der Waals surface area contributed by atoms with Crippen LogP contribution in [0.4, 0.5) is 13.2 Å². The first-order valence-electron chi connectivity index (χ1n) is 4.57. The zero-order valence-electron chi connectivity index (χ0n) is 8.09. The lowest BCUT2D eigenvalue weighted by Gasteiger charge is -2.05. The van der Waals surface area contributed by atoms with Crippen molar-refractivity contribution in [2.75, 3.05) is 13.1 Å². The van der Waals surface area contributed by atoms with E-state index in [1.807, 2.05) is 30.3 Å². The predicted octanol–water partition coefficient (Wildman–Crippen LogP) is 2.85. The Hall–Kier alpha value is -1.29. The highest BCUT2D eigenvalue weighted by Gasteiger charge is 2.25. The smallest absolute Gasteiger partial charge is 0.305 e. The highest BCUT2D eigenvalue weighted by atomic mass is 19.4. The van der Waals surface area contributed by atoms with E-state index in [1.165, 1.54) is 0 Å². The maximum atomic E-state index is 11.7. The van der Waals surface area contributed by atoms with Crippen LogP contribution in [0, 0.1) is 0 Å². The van der Waals surface area contributed by atoms with Gasteiger partial charge in [0.2, 0.25) is 0 Å². The molecule has 0 aromatic heterocycles. The summed E-state index contributed by atoms with van der Waals surface area (Å²) in [5.41, 5.74) is 0.978. The molecule has 0 saturated carbocycles. The van der Waals surface area contributed by atoms with Crippen molar-refractivity contribution in [2.45, 2.75) is 6.18 Å². The monoisotopic (exact) mass is 215 g/mol. The fourth-order valence-corrected chi connectivity index (χ4v) is 1.06. The summed E-state index contributed by atoms with van der Waals surface area (Å²) in [6.45, 7) is -0.736. The van der Waals surface area contributed by atoms with E-state index < -0.39 is 12.7 Å². The van der Waals surface area contributed by atoms with Gasteiger partial charge in [-0.3, -0.25) is 0 Å². The quantitative estimate of drug-likeness (QED) is 0.761. The van der Waals surface area contributed by atoms with E-state index in [-0.39, 0.29) is 6.54 Å². The van der Waals surface area contributed by atoms with E-state index in [4.69, 9.17) is 0 Å². The Morgan fingerprint density at radius 1 is 1.13 bits per heavy atom. The van der Waals surface area contributed by atoms with E-state index in [0.29, 0.717) is 0 Å². The largest absolute Gasteiger partial charge is 0.401 e. The van der Waals surface area contributed by atoms with E-state index in [2.05, 4.69) is 5.32 Å². The minimum absolute atomic E-state index is 0.217. The Labute approximate surface area is 86.6 Å². The van der Waals surface area contributed by atoms with Gasteiger partial charge in [0.15, 0.2) is 0 Å². The summed E-state index contributed by atoms with van der Waals surface area (Å²) in [4.78, 5) is 0. The third kappa shape index (κ3) is 5.91. The molecule has 0 aliphatic carbocycles. The molecular formula is C11H12F3N. The predicted molar refractivity (Wildman–Crippen MR) is 54.4 cm³/mol. The molecule has 82 valence electrons. The number of halogens is 3. The van der Waals surface area contributed by atoms with Gasteiger partial charge >= 0.3 is 6.18 Å². The molecule has 0 aliphatic heterocycles. The lowest BCUT2D eigenvalue weighted by Crippen LogP contribution is -2.28. The van der Waals surface area contributed by atoms with Gasteiger partial charge in [-0.1, -0.05) is 42.5 Å². The minimum Gasteiger partial charge on any atom is -0.305 e. The average Bonchev–Trinajstić information content (AvgIpc) is 2.17. The van der Waals surface area contributed by atoms with Crippen molar-refractivity contribution in [3.63, 3.8) is 0 Å². The van der Waals surface area contributed by atoms with Crippen LogP contribution < -0.4 is 5.32 Å². The first-order chi connectivity index (χ1) is 7.08. The molecule has 0 heterocycles. The number of alkyl halides is 3. The molecule has 0 radical (unpaired) electrons. The summed E-state index contributed by atoms with van der Waals surface area (Å²) in [6.07, 6.45) is -0.689. The van der Waals surface area contributed by atoms with E-state index in [9.17, 15) is 13.2 Å². The molecule has 1 rings (SSSR count). The molecule has 0 amide bonds. The fourth-order valence-electron chi connectivity index (χ4n) is 1.06. The average molecular weight is 215 g/mol.